The summed E-state index contributed by atoms with van der Waals surface area (Å²) >= 11 is 0. The number of hydrogen-bond acceptors (Lipinski definition) is 6. The van der Waals surface area contributed by atoms with E-state index in [0.29, 0.717) is 11.3 Å². The van der Waals surface area contributed by atoms with E-state index in [9.17, 15) is 14.9 Å². The molecule has 9 heteroatoms. The largest absolute Gasteiger partial charge is 0.378 e. The number of benzene rings is 2. The van der Waals surface area contributed by atoms with Crippen molar-refractivity contribution >= 4 is 23.5 Å². The van der Waals surface area contributed by atoms with Gasteiger partial charge in [0.15, 0.2) is 0 Å². The highest BCUT2D eigenvalue weighted by Gasteiger charge is 2.13. The number of aromatic amines is 1. The third-order valence-electron chi connectivity index (χ3n) is 3.96. The van der Waals surface area contributed by atoms with Crippen molar-refractivity contribution in [1.82, 2.24) is 15.6 Å². The minimum atomic E-state index is -0.483. The fraction of sp³-hybridized carbons (Fsp3) is 0.105. The Labute approximate surface area is 160 Å². The first kappa shape index (κ1) is 18.8. The number of hydrogen-bond donors (Lipinski definition) is 2. The highest BCUT2D eigenvalue weighted by Crippen LogP contribution is 2.22. The van der Waals surface area contributed by atoms with E-state index in [1.807, 2.05) is 43.3 Å². The number of nitro groups is 1. The Morgan fingerprint density at radius 2 is 1.96 bits per heavy atom. The molecular formula is C19H18N6O3. The van der Waals surface area contributed by atoms with Crippen LogP contribution in [0, 0.1) is 10.1 Å². The number of amides is 1. The van der Waals surface area contributed by atoms with Gasteiger partial charge in [0, 0.05) is 37.5 Å². The molecule has 0 atom stereocenters. The van der Waals surface area contributed by atoms with Crippen molar-refractivity contribution < 1.29 is 9.72 Å². The van der Waals surface area contributed by atoms with Gasteiger partial charge in [0.05, 0.1) is 16.8 Å². The molecule has 1 amide bonds. The minimum Gasteiger partial charge on any atom is -0.378 e. The first-order valence-electron chi connectivity index (χ1n) is 8.35. The first-order chi connectivity index (χ1) is 13.4. The summed E-state index contributed by atoms with van der Waals surface area (Å²) < 4.78 is 0. The molecule has 0 saturated heterocycles. The van der Waals surface area contributed by atoms with E-state index in [1.54, 1.807) is 12.1 Å². The maximum Gasteiger partial charge on any atom is 0.289 e. The van der Waals surface area contributed by atoms with Crippen LogP contribution in [0.2, 0.25) is 0 Å². The van der Waals surface area contributed by atoms with Crippen LogP contribution in [-0.2, 0) is 0 Å². The van der Waals surface area contributed by atoms with Gasteiger partial charge >= 0.3 is 0 Å². The number of rotatable bonds is 6. The molecule has 0 bridgehead atoms. The molecule has 3 aromatic rings. The van der Waals surface area contributed by atoms with Gasteiger partial charge in [-0.2, -0.15) is 10.2 Å². The second kappa shape index (κ2) is 8.12. The van der Waals surface area contributed by atoms with E-state index in [1.165, 1.54) is 24.4 Å². The molecular weight excluding hydrogens is 360 g/mol. The van der Waals surface area contributed by atoms with Gasteiger partial charge in [0.25, 0.3) is 11.6 Å². The molecule has 2 aromatic carbocycles. The Morgan fingerprint density at radius 3 is 2.64 bits per heavy atom. The van der Waals surface area contributed by atoms with E-state index in [2.05, 4.69) is 20.7 Å². The monoisotopic (exact) mass is 378 g/mol. The summed E-state index contributed by atoms with van der Waals surface area (Å²) in [4.78, 5) is 24.6. The zero-order chi connectivity index (χ0) is 20.1. The Hall–Kier alpha value is -4.01. The smallest absolute Gasteiger partial charge is 0.289 e. The lowest BCUT2D eigenvalue weighted by atomic mass is 10.1. The maximum absolute atomic E-state index is 12.2. The number of carbonyl (C=O) groups is 1. The Kier molecular flexibility index (Phi) is 5.45. The molecule has 0 saturated carbocycles. The molecule has 0 aliphatic heterocycles. The lowest BCUT2D eigenvalue weighted by molar-refractivity contribution is -0.384. The zero-order valence-electron chi connectivity index (χ0n) is 15.3. The predicted octanol–water partition coefficient (Wildman–Crippen LogP) is 2.81. The second-order valence-corrected chi connectivity index (χ2v) is 6.16. The third kappa shape index (κ3) is 4.39. The molecule has 0 aliphatic carbocycles. The maximum atomic E-state index is 12.2. The number of hydrazone groups is 1. The van der Waals surface area contributed by atoms with E-state index in [-0.39, 0.29) is 11.4 Å². The van der Waals surface area contributed by atoms with Crippen LogP contribution < -0.4 is 10.3 Å². The van der Waals surface area contributed by atoms with Crippen molar-refractivity contribution in [1.29, 1.82) is 0 Å². The number of nitrogens with zero attached hydrogens (tertiary/aromatic N) is 4. The summed E-state index contributed by atoms with van der Waals surface area (Å²) in [5.41, 5.74) is 5.44. The van der Waals surface area contributed by atoms with Crippen LogP contribution in [0.25, 0.3) is 11.3 Å². The highest BCUT2D eigenvalue weighted by molar-refractivity contribution is 5.94. The number of H-pyrrole nitrogens is 1. The van der Waals surface area contributed by atoms with Crippen LogP contribution in [0.5, 0.6) is 0 Å². The van der Waals surface area contributed by atoms with Crippen molar-refractivity contribution in [2.75, 3.05) is 19.0 Å². The SMILES string of the molecule is CN(C)c1ccc(/C=N\NC(=O)c2cc(-c3cccc([N+](=O)[O-])c3)n[nH]2)cc1. The van der Waals surface area contributed by atoms with Gasteiger partial charge in [-0.15, -0.1) is 0 Å². The van der Waals surface area contributed by atoms with Crippen molar-refractivity contribution in [2.24, 2.45) is 5.10 Å². The molecule has 9 nitrogen and oxygen atoms in total. The average molecular weight is 378 g/mol. The number of non-ortho nitro benzene ring substituents is 1. The summed E-state index contributed by atoms with van der Waals surface area (Å²) in [5.74, 6) is -0.467. The zero-order valence-corrected chi connectivity index (χ0v) is 15.3. The summed E-state index contributed by atoms with van der Waals surface area (Å²) in [5, 5.41) is 21.5. The second-order valence-electron chi connectivity index (χ2n) is 6.16. The van der Waals surface area contributed by atoms with E-state index < -0.39 is 10.8 Å². The van der Waals surface area contributed by atoms with Crippen LogP contribution in [0.15, 0.2) is 59.7 Å². The number of anilines is 1. The lowest BCUT2D eigenvalue weighted by Crippen LogP contribution is -2.18. The Bertz CT molecular complexity index is 1020. The molecule has 0 radical (unpaired) electrons. The van der Waals surface area contributed by atoms with Gasteiger partial charge in [0.2, 0.25) is 0 Å². The van der Waals surface area contributed by atoms with E-state index in [0.717, 1.165) is 11.3 Å². The summed E-state index contributed by atoms with van der Waals surface area (Å²) in [6, 6.07) is 15.2. The summed E-state index contributed by atoms with van der Waals surface area (Å²) in [7, 11) is 3.91. The average Bonchev–Trinajstić information content (AvgIpc) is 3.19. The van der Waals surface area contributed by atoms with Crippen LogP contribution in [0.4, 0.5) is 11.4 Å². The van der Waals surface area contributed by atoms with Gasteiger partial charge in [-0.3, -0.25) is 20.0 Å². The Balaban J connectivity index is 1.65. The molecule has 1 heterocycles. The Morgan fingerprint density at radius 1 is 1.21 bits per heavy atom. The molecule has 0 unspecified atom stereocenters. The molecule has 0 fully saturated rings. The fourth-order valence-electron chi connectivity index (χ4n) is 2.45. The molecule has 28 heavy (non-hydrogen) atoms. The molecule has 3 rings (SSSR count). The van der Waals surface area contributed by atoms with Crippen LogP contribution in [0.1, 0.15) is 16.1 Å². The highest BCUT2D eigenvalue weighted by atomic mass is 16.6. The van der Waals surface area contributed by atoms with Gasteiger partial charge in [-0.05, 0) is 23.8 Å². The first-order valence-corrected chi connectivity index (χ1v) is 8.35. The summed E-state index contributed by atoms with van der Waals surface area (Å²) in [6.45, 7) is 0. The van der Waals surface area contributed by atoms with Gasteiger partial charge in [-0.1, -0.05) is 24.3 Å². The number of aromatic nitrogens is 2. The predicted molar refractivity (Wildman–Crippen MR) is 107 cm³/mol. The van der Waals surface area contributed by atoms with Crippen molar-refractivity contribution in [3.8, 4) is 11.3 Å². The quantitative estimate of drug-likeness (QED) is 0.389. The van der Waals surface area contributed by atoms with E-state index in [4.69, 9.17) is 0 Å². The van der Waals surface area contributed by atoms with Crippen molar-refractivity contribution in [3.63, 3.8) is 0 Å². The van der Waals surface area contributed by atoms with Crippen molar-refractivity contribution in [2.45, 2.75) is 0 Å². The molecule has 2 N–H and O–H groups in total. The number of carbonyl (C=O) groups excluding carboxylic acids is 1. The van der Waals surface area contributed by atoms with Gasteiger partial charge < -0.3 is 4.90 Å². The van der Waals surface area contributed by atoms with Crippen LogP contribution >= 0.6 is 0 Å². The van der Waals surface area contributed by atoms with Gasteiger partial charge in [0.1, 0.15) is 5.69 Å². The normalized spacial score (nSPS) is 10.8. The summed E-state index contributed by atoms with van der Waals surface area (Å²) in [6.07, 6.45) is 1.54. The standard InChI is InChI=1S/C19H18N6O3/c1-24(2)15-8-6-13(7-9-15)12-20-23-19(26)18-11-17(21-22-18)14-4-3-5-16(10-14)25(27)28/h3-12H,1-2H3,(H,21,22)(H,23,26)/b20-12-. The third-order valence-corrected chi connectivity index (χ3v) is 3.96. The minimum absolute atomic E-state index is 0.0450. The van der Waals surface area contributed by atoms with Crippen LogP contribution in [-0.4, -0.2) is 41.3 Å². The molecule has 0 spiro atoms. The molecule has 1 aromatic heterocycles. The van der Waals surface area contributed by atoms with Crippen molar-refractivity contribution in [3.05, 3.63) is 76.0 Å². The number of nitrogens with one attached hydrogen (secondary N) is 2. The molecule has 142 valence electrons. The number of nitro benzene ring substituents is 1. The fourth-order valence-corrected chi connectivity index (χ4v) is 2.45. The van der Waals surface area contributed by atoms with E-state index >= 15 is 0 Å². The lowest BCUT2D eigenvalue weighted by Gasteiger charge is -2.11. The molecule has 0 aliphatic rings. The van der Waals surface area contributed by atoms with Gasteiger partial charge in [-0.25, -0.2) is 5.43 Å². The van der Waals surface area contributed by atoms with Crippen LogP contribution in [0.3, 0.4) is 0 Å². The topological polar surface area (TPSA) is 117 Å².